The number of hydrogen-bond donors (Lipinski definition) is 0. The van der Waals surface area contributed by atoms with Crippen LogP contribution in [0.15, 0.2) is 49.6 Å². The minimum atomic E-state index is -0.429. The van der Waals surface area contributed by atoms with Crippen LogP contribution < -0.4 is 9.47 Å². The highest BCUT2D eigenvalue weighted by atomic mass is 32.2. The number of rotatable bonds is 19. The van der Waals surface area contributed by atoms with Gasteiger partial charge in [-0.2, -0.15) is 23.5 Å². The van der Waals surface area contributed by atoms with Crippen molar-refractivity contribution in [3.05, 3.63) is 71.8 Å². The number of ether oxygens (including phenoxy) is 4. The quantitative estimate of drug-likeness (QED) is 0.102. The molecule has 12 heteroatoms. The first kappa shape index (κ1) is 39.3. The highest BCUT2D eigenvalue weighted by Gasteiger charge is 2.22. The summed E-state index contributed by atoms with van der Waals surface area (Å²) in [6.07, 6.45) is 1.69. The second-order valence-electron chi connectivity index (χ2n) is 11.7. The summed E-state index contributed by atoms with van der Waals surface area (Å²) in [6.45, 7) is 15.9. The molecule has 0 N–H and O–H groups in total. The van der Waals surface area contributed by atoms with Gasteiger partial charge in [0.15, 0.2) is 0 Å². The van der Waals surface area contributed by atoms with Crippen molar-refractivity contribution in [2.45, 2.75) is 50.4 Å². The highest BCUT2D eigenvalue weighted by molar-refractivity contribution is 8.20. The summed E-state index contributed by atoms with van der Waals surface area (Å²) in [5, 5.41) is 3.61. The molecule has 48 heavy (non-hydrogen) atoms. The standard InChI is InChI=1S/C36H46O6S6/c1-7-33(37)41-29(15-43-17-31-19-45-21-47-31)13-39-35-23(3)9-27(10-24(35)4)28-11-25(5)36(26(6)12-28)40-14-30(42-34(38)8-2)16-44-18-32-20-46-22-48-32/h7-12,29-32H,1-2,13-22H2,3-6H3. The van der Waals surface area contributed by atoms with Gasteiger partial charge in [0.25, 0.3) is 0 Å². The van der Waals surface area contributed by atoms with Crippen LogP contribution in [0.5, 0.6) is 11.5 Å². The number of hydrogen-bond acceptors (Lipinski definition) is 12. The predicted molar refractivity (Wildman–Crippen MR) is 214 cm³/mol. The van der Waals surface area contributed by atoms with E-state index in [4.69, 9.17) is 18.9 Å². The second-order valence-corrected chi connectivity index (χ2v) is 19.2. The Labute approximate surface area is 311 Å². The maximum atomic E-state index is 12.0. The molecular weight excluding hydrogens is 721 g/mol. The summed E-state index contributed by atoms with van der Waals surface area (Å²) in [4.78, 5) is 24.1. The molecule has 2 aliphatic rings. The fourth-order valence-corrected chi connectivity index (χ4v) is 14.0. The van der Waals surface area contributed by atoms with Crippen LogP contribution in [-0.2, 0) is 19.1 Å². The third kappa shape index (κ3) is 12.4. The molecule has 0 bridgehead atoms. The average molecular weight is 767 g/mol. The minimum Gasteiger partial charge on any atom is -0.489 e. The Balaban J connectivity index is 1.38. The summed E-state index contributed by atoms with van der Waals surface area (Å²) in [5.74, 6) is 6.55. The summed E-state index contributed by atoms with van der Waals surface area (Å²) < 4.78 is 23.9. The van der Waals surface area contributed by atoms with Gasteiger partial charge in [0.2, 0.25) is 0 Å². The van der Waals surface area contributed by atoms with Crippen LogP contribution in [0.2, 0.25) is 0 Å². The number of benzene rings is 2. The van der Waals surface area contributed by atoms with Gasteiger partial charge in [-0.25, -0.2) is 9.59 Å². The molecule has 0 saturated carbocycles. The van der Waals surface area contributed by atoms with E-state index in [0.29, 0.717) is 22.0 Å². The zero-order valence-electron chi connectivity index (χ0n) is 28.2. The van der Waals surface area contributed by atoms with Gasteiger partial charge in [-0.05, 0) is 85.3 Å². The van der Waals surface area contributed by atoms with E-state index in [-0.39, 0.29) is 25.4 Å². The molecule has 4 atom stereocenters. The lowest BCUT2D eigenvalue weighted by atomic mass is 9.96. The van der Waals surface area contributed by atoms with Crippen molar-refractivity contribution in [3.63, 3.8) is 0 Å². The first-order valence-electron chi connectivity index (χ1n) is 15.9. The molecular formula is C36H46O6S6. The lowest BCUT2D eigenvalue weighted by Gasteiger charge is -2.21. The molecule has 0 aromatic heterocycles. The highest BCUT2D eigenvalue weighted by Crippen LogP contribution is 2.36. The molecule has 4 unspecified atom stereocenters. The number of carbonyl (C=O) groups is 2. The summed E-state index contributed by atoms with van der Waals surface area (Å²) in [7, 11) is 0. The van der Waals surface area contributed by atoms with E-state index in [2.05, 4.69) is 37.4 Å². The third-order valence-corrected chi connectivity index (χ3v) is 16.2. The Kier molecular flexibility index (Phi) is 16.7. The number of esters is 2. The van der Waals surface area contributed by atoms with E-state index in [1.54, 1.807) is 0 Å². The average Bonchev–Trinajstić information content (AvgIpc) is 3.78. The molecule has 6 nitrogen and oxygen atoms in total. The Bertz CT molecular complexity index is 1250. The van der Waals surface area contributed by atoms with E-state index >= 15 is 0 Å². The van der Waals surface area contributed by atoms with Crippen molar-refractivity contribution in [2.24, 2.45) is 0 Å². The van der Waals surface area contributed by atoms with Crippen LogP contribution in [0.1, 0.15) is 22.3 Å². The van der Waals surface area contributed by atoms with E-state index in [0.717, 1.165) is 66.6 Å². The van der Waals surface area contributed by atoms with Gasteiger partial charge in [-0.15, -0.1) is 47.0 Å². The van der Waals surface area contributed by atoms with Crippen LogP contribution in [0, 0.1) is 27.7 Å². The van der Waals surface area contributed by atoms with Gasteiger partial charge in [-0.1, -0.05) is 13.2 Å². The first-order chi connectivity index (χ1) is 23.2. The Hall–Kier alpha value is -1.44. The maximum Gasteiger partial charge on any atom is 0.330 e. The minimum absolute atomic E-state index is 0.282. The van der Waals surface area contributed by atoms with Crippen LogP contribution >= 0.6 is 70.6 Å². The van der Waals surface area contributed by atoms with Crippen LogP contribution in [-0.4, -0.2) is 92.5 Å². The Morgan fingerprint density at radius 3 is 1.42 bits per heavy atom. The molecule has 2 fully saturated rings. The van der Waals surface area contributed by atoms with Crippen LogP contribution in [0.25, 0.3) is 11.1 Å². The van der Waals surface area contributed by atoms with Crippen molar-refractivity contribution in [1.29, 1.82) is 0 Å². The molecule has 2 aromatic carbocycles. The van der Waals surface area contributed by atoms with Gasteiger partial charge in [0.05, 0.1) is 0 Å². The largest absolute Gasteiger partial charge is 0.489 e. The topological polar surface area (TPSA) is 71.1 Å². The maximum absolute atomic E-state index is 12.0. The second kappa shape index (κ2) is 20.4. The van der Waals surface area contributed by atoms with Gasteiger partial charge >= 0.3 is 11.9 Å². The van der Waals surface area contributed by atoms with Crippen molar-refractivity contribution in [3.8, 4) is 22.6 Å². The molecule has 0 spiro atoms. The van der Waals surface area contributed by atoms with Crippen molar-refractivity contribution < 1.29 is 28.5 Å². The van der Waals surface area contributed by atoms with Crippen LogP contribution in [0.4, 0.5) is 0 Å². The van der Waals surface area contributed by atoms with E-state index in [1.165, 1.54) is 23.7 Å². The molecule has 0 aliphatic carbocycles. The fraction of sp³-hybridized carbons (Fsp3) is 0.500. The smallest absolute Gasteiger partial charge is 0.330 e. The molecule has 2 heterocycles. The number of thioether (sulfide) groups is 6. The molecule has 0 amide bonds. The van der Waals surface area contributed by atoms with E-state index < -0.39 is 11.9 Å². The van der Waals surface area contributed by atoms with Crippen molar-refractivity contribution >= 4 is 82.5 Å². The fourth-order valence-electron chi connectivity index (χ4n) is 5.30. The molecule has 2 aliphatic heterocycles. The number of aryl methyl sites for hydroxylation is 4. The Morgan fingerprint density at radius 1 is 0.729 bits per heavy atom. The number of carbonyl (C=O) groups excluding carboxylic acids is 2. The summed E-state index contributed by atoms with van der Waals surface area (Å²) >= 11 is 11.6. The summed E-state index contributed by atoms with van der Waals surface area (Å²) in [6, 6.07) is 8.53. The van der Waals surface area contributed by atoms with E-state index in [1.807, 2.05) is 98.3 Å². The predicted octanol–water partition coefficient (Wildman–Crippen LogP) is 8.62. The van der Waals surface area contributed by atoms with Gasteiger partial charge in [0, 0.05) is 67.3 Å². The lowest BCUT2D eigenvalue weighted by molar-refractivity contribution is -0.144. The third-order valence-electron chi connectivity index (χ3n) is 7.58. The molecule has 0 radical (unpaired) electrons. The lowest BCUT2D eigenvalue weighted by Crippen LogP contribution is -2.27. The Morgan fingerprint density at radius 2 is 1.10 bits per heavy atom. The van der Waals surface area contributed by atoms with E-state index in [9.17, 15) is 9.59 Å². The van der Waals surface area contributed by atoms with Crippen LogP contribution in [0.3, 0.4) is 0 Å². The molecule has 4 rings (SSSR count). The first-order valence-corrected chi connectivity index (χ1v) is 22.6. The van der Waals surface area contributed by atoms with Crippen molar-refractivity contribution in [1.82, 2.24) is 0 Å². The van der Waals surface area contributed by atoms with Gasteiger partial charge in [-0.3, -0.25) is 0 Å². The van der Waals surface area contributed by atoms with Gasteiger partial charge in [0.1, 0.15) is 36.9 Å². The zero-order chi connectivity index (χ0) is 34.5. The molecule has 2 saturated heterocycles. The summed E-state index contributed by atoms with van der Waals surface area (Å²) in [5.41, 5.74) is 6.23. The monoisotopic (exact) mass is 766 g/mol. The SMILES string of the molecule is C=CC(=O)OC(COc1c(C)cc(-c2cc(C)c(OCC(CSCC3CSCS3)OC(=O)C=C)c(C)c2)cc1C)CSCC1CSCS1. The molecule has 262 valence electrons. The van der Waals surface area contributed by atoms with Crippen molar-refractivity contribution in [2.75, 3.05) is 57.9 Å². The molecule has 2 aromatic rings. The zero-order valence-corrected chi connectivity index (χ0v) is 33.1. The van der Waals surface area contributed by atoms with Gasteiger partial charge < -0.3 is 18.9 Å². The normalized spacial score (nSPS) is 18.6.